The Labute approximate surface area is 138 Å². The number of rotatable bonds is 4. The third kappa shape index (κ3) is 2.65. The largest absolute Gasteiger partial charge is 0.495 e. The van der Waals surface area contributed by atoms with Gasteiger partial charge in [0.1, 0.15) is 11.6 Å². The van der Waals surface area contributed by atoms with E-state index in [1.165, 1.54) is 0 Å². The number of nitrogens with zero attached hydrogens (tertiary/aromatic N) is 4. The molecular weight excluding hydrogens is 302 g/mol. The summed E-state index contributed by atoms with van der Waals surface area (Å²) in [7, 11) is 1.62. The number of benzene rings is 1. The molecule has 0 saturated heterocycles. The molecule has 4 rings (SSSR count). The maximum Gasteiger partial charge on any atom is 0.165 e. The van der Waals surface area contributed by atoms with E-state index in [9.17, 15) is 0 Å². The van der Waals surface area contributed by atoms with E-state index in [4.69, 9.17) is 4.74 Å². The number of aromatic nitrogens is 4. The number of para-hydroxylation sites is 1. The van der Waals surface area contributed by atoms with Crippen LogP contribution in [0.1, 0.15) is 0 Å². The van der Waals surface area contributed by atoms with E-state index < -0.39 is 0 Å². The van der Waals surface area contributed by atoms with Crippen LogP contribution < -0.4 is 10.1 Å². The molecule has 3 aromatic heterocycles. The van der Waals surface area contributed by atoms with E-state index in [-0.39, 0.29) is 0 Å². The van der Waals surface area contributed by atoms with Gasteiger partial charge in [0.2, 0.25) is 0 Å². The molecule has 6 nitrogen and oxygen atoms in total. The summed E-state index contributed by atoms with van der Waals surface area (Å²) in [5.41, 5.74) is 3.55. The number of nitrogens with one attached hydrogen (secondary N) is 1. The number of anilines is 2. The minimum Gasteiger partial charge on any atom is -0.495 e. The van der Waals surface area contributed by atoms with Crippen LogP contribution in [-0.2, 0) is 0 Å². The van der Waals surface area contributed by atoms with Gasteiger partial charge in [0.15, 0.2) is 5.65 Å². The number of ether oxygens (including phenoxy) is 1. The minimum atomic E-state index is 0.699. The molecule has 0 spiro atoms. The van der Waals surface area contributed by atoms with Crippen molar-refractivity contribution in [2.45, 2.75) is 0 Å². The normalized spacial score (nSPS) is 10.7. The molecule has 4 aromatic rings. The molecule has 0 aliphatic rings. The highest BCUT2D eigenvalue weighted by Crippen LogP contribution is 2.26. The molecule has 1 N–H and O–H groups in total. The summed E-state index contributed by atoms with van der Waals surface area (Å²) < 4.78 is 6.99. The Bertz CT molecular complexity index is 981. The first kappa shape index (κ1) is 14.2. The van der Waals surface area contributed by atoms with Crippen molar-refractivity contribution < 1.29 is 4.74 Å². The van der Waals surface area contributed by atoms with Crippen LogP contribution in [0.5, 0.6) is 5.75 Å². The van der Waals surface area contributed by atoms with Crippen LogP contribution in [0, 0.1) is 0 Å². The zero-order valence-electron chi connectivity index (χ0n) is 13.0. The summed E-state index contributed by atoms with van der Waals surface area (Å²) in [5, 5.41) is 7.65. The van der Waals surface area contributed by atoms with Gasteiger partial charge < -0.3 is 10.1 Å². The van der Waals surface area contributed by atoms with Crippen molar-refractivity contribution in [2.24, 2.45) is 0 Å². The fourth-order valence-electron chi connectivity index (χ4n) is 2.49. The highest BCUT2D eigenvalue weighted by atomic mass is 16.5. The van der Waals surface area contributed by atoms with E-state index in [0.717, 1.165) is 28.3 Å². The van der Waals surface area contributed by atoms with E-state index in [1.54, 1.807) is 30.2 Å². The van der Waals surface area contributed by atoms with Crippen LogP contribution in [0.4, 0.5) is 11.5 Å². The molecule has 0 fully saturated rings. The van der Waals surface area contributed by atoms with Crippen molar-refractivity contribution in [2.75, 3.05) is 12.4 Å². The molecule has 3 heterocycles. The predicted octanol–water partition coefficient (Wildman–Crippen LogP) is 3.54. The maximum absolute atomic E-state index is 5.25. The number of pyridine rings is 1. The smallest absolute Gasteiger partial charge is 0.165 e. The van der Waals surface area contributed by atoms with E-state index in [0.29, 0.717) is 5.75 Å². The molecule has 0 bridgehead atoms. The summed E-state index contributed by atoms with van der Waals surface area (Å²) in [6, 6.07) is 13.7. The Morgan fingerprint density at radius 1 is 1.04 bits per heavy atom. The third-order valence-electron chi connectivity index (χ3n) is 3.68. The SMILES string of the molecule is COc1cncc(-c2cnn3ccc(Nc4ccccc4)nc23)c1. The topological polar surface area (TPSA) is 64.3 Å². The monoisotopic (exact) mass is 317 g/mol. The molecule has 6 heteroatoms. The van der Waals surface area contributed by atoms with Crippen LogP contribution in [0.2, 0.25) is 0 Å². The summed E-state index contributed by atoms with van der Waals surface area (Å²) in [6.45, 7) is 0. The first-order valence-electron chi connectivity index (χ1n) is 7.49. The van der Waals surface area contributed by atoms with Gasteiger partial charge in [0.25, 0.3) is 0 Å². The standard InChI is InChI=1S/C18H15N5O/c1-24-15-9-13(10-19-11-15)16-12-20-23-8-7-17(22-18(16)23)21-14-5-3-2-4-6-14/h2-12H,1H3,(H,21,22). The molecule has 0 unspecified atom stereocenters. The Balaban J connectivity index is 1.76. The number of hydrogen-bond acceptors (Lipinski definition) is 5. The Kier molecular flexibility index (Phi) is 3.55. The van der Waals surface area contributed by atoms with E-state index >= 15 is 0 Å². The predicted molar refractivity (Wildman–Crippen MR) is 92.5 cm³/mol. The molecule has 0 saturated carbocycles. The molecule has 0 amide bonds. The highest BCUT2D eigenvalue weighted by molar-refractivity contribution is 5.78. The van der Waals surface area contributed by atoms with Crippen molar-refractivity contribution in [3.63, 3.8) is 0 Å². The van der Waals surface area contributed by atoms with Gasteiger partial charge >= 0.3 is 0 Å². The number of methoxy groups -OCH3 is 1. The zero-order valence-corrected chi connectivity index (χ0v) is 13.0. The van der Waals surface area contributed by atoms with Gasteiger partial charge in [-0.05, 0) is 24.3 Å². The first-order valence-corrected chi connectivity index (χ1v) is 7.49. The molecule has 0 radical (unpaired) electrons. The fraction of sp³-hybridized carbons (Fsp3) is 0.0556. The minimum absolute atomic E-state index is 0.699. The van der Waals surface area contributed by atoms with Crippen LogP contribution in [0.15, 0.2) is 67.3 Å². The second kappa shape index (κ2) is 6.00. The highest BCUT2D eigenvalue weighted by Gasteiger charge is 2.10. The quantitative estimate of drug-likeness (QED) is 0.623. The lowest BCUT2D eigenvalue weighted by atomic mass is 10.1. The Hall–Kier alpha value is -3.41. The van der Waals surface area contributed by atoms with Crippen LogP contribution in [0.25, 0.3) is 16.8 Å². The Morgan fingerprint density at radius 2 is 1.92 bits per heavy atom. The summed E-state index contributed by atoms with van der Waals surface area (Å²) in [4.78, 5) is 8.89. The zero-order chi connectivity index (χ0) is 16.4. The first-order chi connectivity index (χ1) is 11.8. The van der Waals surface area contributed by atoms with Gasteiger partial charge in [-0.25, -0.2) is 9.50 Å². The van der Waals surface area contributed by atoms with Gasteiger partial charge in [-0.1, -0.05) is 18.2 Å². The van der Waals surface area contributed by atoms with Crippen molar-refractivity contribution in [1.82, 2.24) is 19.6 Å². The fourth-order valence-corrected chi connectivity index (χ4v) is 2.49. The van der Waals surface area contributed by atoms with E-state index in [1.807, 2.05) is 48.7 Å². The van der Waals surface area contributed by atoms with Gasteiger partial charge in [0, 0.05) is 29.2 Å². The van der Waals surface area contributed by atoms with E-state index in [2.05, 4.69) is 20.4 Å². The maximum atomic E-state index is 5.25. The van der Waals surface area contributed by atoms with Crippen molar-refractivity contribution in [3.05, 3.63) is 67.3 Å². The average molecular weight is 317 g/mol. The van der Waals surface area contributed by atoms with Crippen molar-refractivity contribution >= 4 is 17.2 Å². The van der Waals surface area contributed by atoms with Crippen LogP contribution >= 0.6 is 0 Å². The van der Waals surface area contributed by atoms with Crippen molar-refractivity contribution in [3.8, 4) is 16.9 Å². The summed E-state index contributed by atoms with van der Waals surface area (Å²) in [6.07, 6.45) is 7.11. The van der Waals surface area contributed by atoms with Crippen LogP contribution in [0.3, 0.4) is 0 Å². The molecule has 0 atom stereocenters. The van der Waals surface area contributed by atoms with Crippen LogP contribution in [-0.4, -0.2) is 26.7 Å². The number of hydrogen-bond donors (Lipinski definition) is 1. The lowest BCUT2D eigenvalue weighted by Gasteiger charge is -2.06. The van der Waals surface area contributed by atoms with Gasteiger partial charge in [-0.2, -0.15) is 5.10 Å². The lowest BCUT2D eigenvalue weighted by Crippen LogP contribution is -1.97. The summed E-state index contributed by atoms with van der Waals surface area (Å²) >= 11 is 0. The molecule has 0 aliphatic heterocycles. The van der Waals surface area contributed by atoms with Gasteiger partial charge in [-0.3, -0.25) is 4.98 Å². The van der Waals surface area contributed by atoms with Crippen molar-refractivity contribution in [1.29, 1.82) is 0 Å². The molecule has 0 aliphatic carbocycles. The van der Waals surface area contributed by atoms with Gasteiger partial charge in [-0.15, -0.1) is 0 Å². The third-order valence-corrected chi connectivity index (χ3v) is 3.68. The molecule has 1 aromatic carbocycles. The molecule has 24 heavy (non-hydrogen) atoms. The lowest BCUT2D eigenvalue weighted by molar-refractivity contribution is 0.413. The van der Waals surface area contributed by atoms with Gasteiger partial charge in [0.05, 0.1) is 19.5 Å². The summed E-state index contributed by atoms with van der Waals surface area (Å²) in [5.74, 6) is 1.46. The number of fused-ring (bicyclic) bond motifs is 1. The average Bonchev–Trinajstić information content (AvgIpc) is 3.06. The second-order valence-electron chi connectivity index (χ2n) is 5.24. The molecular formula is C18H15N5O. The second-order valence-corrected chi connectivity index (χ2v) is 5.24. The molecule has 118 valence electrons. The Morgan fingerprint density at radius 3 is 2.75 bits per heavy atom.